The first-order valence-corrected chi connectivity index (χ1v) is 8.65. The Kier molecular flexibility index (Phi) is 4.45. The number of ether oxygens (including phenoxy) is 1. The number of nitrogens with one attached hydrogen (secondary N) is 1. The first kappa shape index (κ1) is 17.0. The van der Waals surface area contributed by atoms with Crippen molar-refractivity contribution in [1.29, 1.82) is 0 Å². The lowest BCUT2D eigenvalue weighted by Gasteiger charge is -2.22. The Morgan fingerprint density at radius 2 is 2.15 bits per heavy atom. The summed E-state index contributed by atoms with van der Waals surface area (Å²) in [6.45, 7) is 0.906. The van der Waals surface area contributed by atoms with E-state index in [0.29, 0.717) is 30.0 Å². The topological polar surface area (TPSA) is 104 Å². The van der Waals surface area contributed by atoms with E-state index in [1.807, 2.05) is 18.2 Å². The van der Waals surface area contributed by atoms with Crippen molar-refractivity contribution in [2.24, 2.45) is 5.10 Å². The fourth-order valence-electron chi connectivity index (χ4n) is 3.18. The van der Waals surface area contributed by atoms with Gasteiger partial charge in [0.05, 0.1) is 6.54 Å². The summed E-state index contributed by atoms with van der Waals surface area (Å²) in [5.74, 6) is -0.0143. The van der Waals surface area contributed by atoms with Crippen molar-refractivity contribution in [2.45, 2.75) is 19.4 Å². The molecule has 0 unspecified atom stereocenters. The number of pyridine rings is 1. The second-order valence-electron chi connectivity index (χ2n) is 6.39. The zero-order valence-electron chi connectivity index (χ0n) is 14.5. The SMILES string of the molecule is O=C1CCC(C(=O)N2CCOc3c(O)cc(-c4cccnc4)cc3C2)=NN1. The van der Waals surface area contributed by atoms with Crippen molar-refractivity contribution < 1.29 is 19.4 Å². The molecule has 4 rings (SSSR count). The van der Waals surface area contributed by atoms with E-state index < -0.39 is 0 Å². The van der Waals surface area contributed by atoms with E-state index >= 15 is 0 Å². The first-order valence-electron chi connectivity index (χ1n) is 8.65. The van der Waals surface area contributed by atoms with Crippen LogP contribution in [0, 0.1) is 0 Å². The Balaban J connectivity index is 1.64. The molecule has 0 aliphatic carbocycles. The summed E-state index contributed by atoms with van der Waals surface area (Å²) in [7, 11) is 0. The number of rotatable bonds is 2. The third kappa shape index (κ3) is 3.46. The Morgan fingerprint density at radius 1 is 1.26 bits per heavy atom. The number of carbonyl (C=O) groups is 2. The van der Waals surface area contributed by atoms with Crippen molar-refractivity contribution in [1.82, 2.24) is 15.3 Å². The zero-order valence-corrected chi connectivity index (χ0v) is 14.5. The van der Waals surface area contributed by atoms with Gasteiger partial charge in [-0.25, -0.2) is 5.43 Å². The molecule has 2 N–H and O–H groups in total. The number of aromatic nitrogens is 1. The Bertz CT molecular complexity index is 927. The van der Waals surface area contributed by atoms with Crippen LogP contribution in [0.1, 0.15) is 18.4 Å². The molecule has 0 saturated carbocycles. The van der Waals surface area contributed by atoms with Crippen LogP contribution in [0.4, 0.5) is 0 Å². The van der Waals surface area contributed by atoms with Crippen LogP contribution in [0.3, 0.4) is 0 Å². The molecule has 0 spiro atoms. The molecule has 2 aliphatic heterocycles. The van der Waals surface area contributed by atoms with Gasteiger partial charge in [0, 0.05) is 42.9 Å². The van der Waals surface area contributed by atoms with Crippen LogP contribution in [0.25, 0.3) is 11.1 Å². The molecule has 27 heavy (non-hydrogen) atoms. The number of phenolic OH excluding ortho intramolecular Hbond substituents is 1. The van der Waals surface area contributed by atoms with Gasteiger partial charge in [-0.15, -0.1) is 0 Å². The maximum absolute atomic E-state index is 12.8. The zero-order chi connectivity index (χ0) is 18.8. The third-order valence-corrected chi connectivity index (χ3v) is 4.55. The van der Waals surface area contributed by atoms with Gasteiger partial charge < -0.3 is 14.7 Å². The van der Waals surface area contributed by atoms with Crippen LogP contribution in [-0.4, -0.2) is 45.7 Å². The number of fused-ring (bicyclic) bond motifs is 1. The number of hydrazone groups is 1. The monoisotopic (exact) mass is 366 g/mol. The van der Waals surface area contributed by atoms with Gasteiger partial charge in [-0.3, -0.25) is 14.6 Å². The van der Waals surface area contributed by atoms with Crippen LogP contribution in [0.5, 0.6) is 11.5 Å². The Labute approximate surface area is 155 Å². The van der Waals surface area contributed by atoms with Gasteiger partial charge in [0.1, 0.15) is 12.3 Å². The molecule has 1 aromatic heterocycles. The Hall–Kier alpha value is -3.42. The van der Waals surface area contributed by atoms with Gasteiger partial charge in [-0.05, 0) is 23.8 Å². The van der Waals surface area contributed by atoms with Crippen LogP contribution in [-0.2, 0) is 16.1 Å². The van der Waals surface area contributed by atoms with E-state index in [1.54, 1.807) is 23.4 Å². The van der Waals surface area contributed by atoms with Crippen LogP contribution in [0.15, 0.2) is 41.8 Å². The highest BCUT2D eigenvalue weighted by atomic mass is 16.5. The van der Waals surface area contributed by atoms with E-state index in [-0.39, 0.29) is 37.1 Å². The lowest BCUT2D eigenvalue weighted by atomic mass is 10.0. The number of hydrogen-bond donors (Lipinski definition) is 2. The fraction of sp³-hybridized carbons (Fsp3) is 0.263. The number of amides is 2. The maximum Gasteiger partial charge on any atom is 0.270 e. The van der Waals surface area contributed by atoms with E-state index in [2.05, 4.69) is 15.5 Å². The minimum absolute atomic E-state index is 0.0305. The number of nitrogens with zero attached hydrogens (tertiary/aromatic N) is 3. The summed E-state index contributed by atoms with van der Waals surface area (Å²) in [4.78, 5) is 29.7. The standard InChI is InChI=1S/C19H18N4O4/c24-16-9-13(12-2-1-5-20-10-12)8-14-11-23(6-7-27-18(14)16)19(26)15-3-4-17(25)22-21-15/h1-2,5,8-10,24H,3-4,6-7,11H2,(H,22,25). The molecule has 3 heterocycles. The maximum atomic E-state index is 12.8. The molecule has 0 bridgehead atoms. The second-order valence-corrected chi connectivity index (χ2v) is 6.39. The molecule has 0 radical (unpaired) electrons. The summed E-state index contributed by atoms with van der Waals surface area (Å²) in [5.41, 5.74) is 5.03. The van der Waals surface area contributed by atoms with Crippen molar-refractivity contribution in [3.05, 3.63) is 42.2 Å². The predicted molar refractivity (Wildman–Crippen MR) is 97.1 cm³/mol. The molecular weight excluding hydrogens is 348 g/mol. The van der Waals surface area contributed by atoms with Gasteiger partial charge >= 0.3 is 0 Å². The molecule has 8 nitrogen and oxygen atoms in total. The lowest BCUT2D eigenvalue weighted by Crippen LogP contribution is -2.40. The molecule has 2 aliphatic rings. The average molecular weight is 366 g/mol. The van der Waals surface area contributed by atoms with E-state index in [9.17, 15) is 14.7 Å². The third-order valence-electron chi connectivity index (χ3n) is 4.55. The fourth-order valence-corrected chi connectivity index (χ4v) is 3.18. The summed E-state index contributed by atoms with van der Waals surface area (Å²) in [5, 5.41) is 14.3. The summed E-state index contributed by atoms with van der Waals surface area (Å²) in [6, 6.07) is 7.24. The molecule has 0 saturated heterocycles. The number of carbonyl (C=O) groups excluding carboxylic acids is 2. The second kappa shape index (κ2) is 7.06. The average Bonchev–Trinajstić information content (AvgIpc) is 2.91. The molecular formula is C19H18N4O4. The highest BCUT2D eigenvalue weighted by Gasteiger charge is 2.27. The molecule has 138 valence electrons. The summed E-state index contributed by atoms with van der Waals surface area (Å²) < 4.78 is 5.69. The largest absolute Gasteiger partial charge is 0.504 e. The Morgan fingerprint density at radius 3 is 2.89 bits per heavy atom. The smallest absolute Gasteiger partial charge is 0.270 e. The molecule has 2 aromatic rings. The van der Waals surface area contributed by atoms with E-state index in [1.165, 1.54) is 0 Å². The number of benzene rings is 1. The van der Waals surface area contributed by atoms with E-state index in [0.717, 1.165) is 11.1 Å². The molecule has 0 atom stereocenters. The minimum Gasteiger partial charge on any atom is -0.504 e. The predicted octanol–water partition coefficient (Wildman–Crippen LogP) is 1.44. The van der Waals surface area contributed by atoms with Crippen LogP contribution >= 0.6 is 0 Å². The minimum atomic E-state index is -0.238. The summed E-state index contributed by atoms with van der Waals surface area (Å²) >= 11 is 0. The quantitative estimate of drug-likeness (QED) is 0.837. The highest BCUT2D eigenvalue weighted by molar-refractivity contribution is 6.39. The molecule has 2 amide bonds. The molecule has 8 heteroatoms. The normalized spacial score (nSPS) is 16.5. The molecule has 1 aromatic carbocycles. The van der Waals surface area contributed by atoms with Gasteiger partial charge in [0.15, 0.2) is 11.5 Å². The van der Waals surface area contributed by atoms with Crippen LogP contribution < -0.4 is 10.2 Å². The van der Waals surface area contributed by atoms with Gasteiger partial charge in [-0.1, -0.05) is 6.07 Å². The first-order chi connectivity index (χ1) is 13.1. The van der Waals surface area contributed by atoms with Crippen molar-refractivity contribution in [3.8, 4) is 22.6 Å². The molecule has 0 fully saturated rings. The highest BCUT2D eigenvalue weighted by Crippen LogP contribution is 2.37. The number of aromatic hydroxyl groups is 1. The van der Waals surface area contributed by atoms with Crippen molar-refractivity contribution >= 4 is 17.5 Å². The number of phenols is 1. The van der Waals surface area contributed by atoms with Crippen molar-refractivity contribution in [2.75, 3.05) is 13.2 Å². The van der Waals surface area contributed by atoms with Gasteiger partial charge in [-0.2, -0.15) is 5.10 Å². The summed E-state index contributed by atoms with van der Waals surface area (Å²) in [6.07, 6.45) is 3.95. The van der Waals surface area contributed by atoms with E-state index in [4.69, 9.17) is 4.74 Å². The van der Waals surface area contributed by atoms with Gasteiger partial charge in [0.25, 0.3) is 5.91 Å². The lowest BCUT2D eigenvalue weighted by molar-refractivity contribution is -0.125. The number of hydrogen-bond acceptors (Lipinski definition) is 6. The van der Waals surface area contributed by atoms with Gasteiger partial charge in [0.2, 0.25) is 5.91 Å². The van der Waals surface area contributed by atoms with Crippen LogP contribution in [0.2, 0.25) is 0 Å². The van der Waals surface area contributed by atoms with Crippen molar-refractivity contribution in [3.63, 3.8) is 0 Å².